The summed E-state index contributed by atoms with van der Waals surface area (Å²) in [6, 6.07) is 12.0. The zero-order chi connectivity index (χ0) is 22.1. The van der Waals surface area contributed by atoms with Gasteiger partial charge in [-0.05, 0) is 43.3 Å². The van der Waals surface area contributed by atoms with Gasteiger partial charge < -0.3 is 20.1 Å². The third-order valence-corrected chi connectivity index (χ3v) is 4.47. The molecule has 0 fully saturated rings. The van der Waals surface area contributed by atoms with Gasteiger partial charge in [-0.3, -0.25) is 14.5 Å². The molecule has 2 rings (SSSR count). The highest BCUT2D eigenvalue weighted by molar-refractivity contribution is 5.97. The van der Waals surface area contributed by atoms with Gasteiger partial charge in [-0.15, -0.1) is 0 Å². The molecule has 160 valence electrons. The number of amides is 2. The van der Waals surface area contributed by atoms with Gasteiger partial charge in [0.05, 0.1) is 32.9 Å². The summed E-state index contributed by atoms with van der Waals surface area (Å²) in [4.78, 5) is 38.3. The van der Waals surface area contributed by atoms with E-state index in [1.165, 1.54) is 7.11 Å². The summed E-state index contributed by atoms with van der Waals surface area (Å²) in [5.41, 5.74) is 2.31. The van der Waals surface area contributed by atoms with Crippen molar-refractivity contribution in [2.45, 2.75) is 13.8 Å². The van der Waals surface area contributed by atoms with Crippen molar-refractivity contribution in [3.05, 3.63) is 53.6 Å². The van der Waals surface area contributed by atoms with Gasteiger partial charge in [-0.1, -0.05) is 19.1 Å². The molecule has 0 saturated carbocycles. The number of carbonyl (C=O) groups excluding carboxylic acids is 3. The first-order chi connectivity index (χ1) is 14.4. The molecule has 2 aromatic rings. The summed E-state index contributed by atoms with van der Waals surface area (Å²) in [6.07, 6.45) is 0. The number of aryl methyl sites for hydroxylation is 1. The number of ether oxygens (including phenoxy) is 2. The van der Waals surface area contributed by atoms with Gasteiger partial charge in [0.15, 0.2) is 0 Å². The van der Waals surface area contributed by atoms with E-state index in [2.05, 4.69) is 10.6 Å². The fourth-order valence-electron chi connectivity index (χ4n) is 2.78. The smallest absolute Gasteiger partial charge is 0.337 e. The summed E-state index contributed by atoms with van der Waals surface area (Å²) >= 11 is 0. The third kappa shape index (κ3) is 6.59. The molecular weight excluding hydrogens is 386 g/mol. The molecule has 0 spiro atoms. The molecule has 0 radical (unpaired) electrons. The van der Waals surface area contributed by atoms with Crippen LogP contribution in [-0.4, -0.2) is 56.5 Å². The molecule has 0 aliphatic carbocycles. The summed E-state index contributed by atoms with van der Waals surface area (Å²) in [7, 11) is 2.86. The Bertz CT molecular complexity index is 913. The first-order valence-electron chi connectivity index (χ1n) is 9.51. The van der Waals surface area contributed by atoms with Crippen LogP contribution in [0, 0.1) is 6.92 Å². The van der Waals surface area contributed by atoms with E-state index in [1.54, 1.807) is 54.5 Å². The normalized spacial score (nSPS) is 10.4. The molecule has 0 heterocycles. The van der Waals surface area contributed by atoms with Crippen LogP contribution in [-0.2, 0) is 14.3 Å². The Morgan fingerprint density at radius 3 is 2.30 bits per heavy atom. The highest BCUT2D eigenvalue weighted by Gasteiger charge is 2.15. The maximum absolute atomic E-state index is 12.5. The molecule has 0 atom stereocenters. The number of carbonyl (C=O) groups is 3. The molecule has 8 heteroatoms. The number of anilines is 2. The maximum Gasteiger partial charge on any atom is 0.337 e. The molecule has 0 saturated heterocycles. The molecule has 0 aliphatic rings. The molecule has 0 bridgehead atoms. The molecule has 8 nitrogen and oxygen atoms in total. The Labute approximate surface area is 176 Å². The Morgan fingerprint density at radius 1 is 0.967 bits per heavy atom. The Kier molecular flexibility index (Phi) is 8.37. The van der Waals surface area contributed by atoms with Crippen LogP contribution in [0.1, 0.15) is 22.8 Å². The minimum absolute atomic E-state index is 0.0317. The van der Waals surface area contributed by atoms with Gasteiger partial charge in [-0.25, -0.2) is 4.79 Å². The number of nitrogens with one attached hydrogen (secondary N) is 2. The van der Waals surface area contributed by atoms with Crippen LogP contribution in [0.5, 0.6) is 5.75 Å². The monoisotopic (exact) mass is 413 g/mol. The molecule has 0 aliphatic heterocycles. The molecule has 2 N–H and O–H groups in total. The first kappa shape index (κ1) is 22.9. The van der Waals surface area contributed by atoms with Gasteiger partial charge >= 0.3 is 5.97 Å². The fourth-order valence-corrected chi connectivity index (χ4v) is 2.78. The van der Waals surface area contributed by atoms with Crippen molar-refractivity contribution in [2.24, 2.45) is 0 Å². The second-order valence-electron chi connectivity index (χ2n) is 6.65. The lowest BCUT2D eigenvalue weighted by Crippen LogP contribution is -2.38. The van der Waals surface area contributed by atoms with Crippen molar-refractivity contribution in [1.82, 2.24) is 4.90 Å². The number of methoxy groups -OCH3 is 2. The van der Waals surface area contributed by atoms with Crippen molar-refractivity contribution < 1.29 is 23.9 Å². The highest BCUT2D eigenvalue weighted by atomic mass is 16.5. The van der Waals surface area contributed by atoms with E-state index in [0.717, 1.165) is 5.56 Å². The minimum Gasteiger partial charge on any atom is -0.497 e. The summed E-state index contributed by atoms with van der Waals surface area (Å²) < 4.78 is 9.86. The SMILES string of the molecule is CCN(CC(=O)Nc1cccc(OC)c1)CC(=O)Nc1cc(C(=O)OC)ccc1C. The predicted molar refractivity (Wildman–Crippen MR) is 115 cm³/mol. The van der Waals surface area contributed by atoms with E-state index in [-0.39, 0.29) is 24.9 Å². The first-order valence-corrected chi connectivity index (χ1v) is 9.51. The lowest BCUT2D eigenvalue weighted by Gasteiger charge is -2.20. The number of rotatable bonds is 9. The Hall–Kier alpha value is -3.39. The quantitative estimate of drug-likeness (QED) is 0.614. The van der Waals surface area contributed by atoms with E-state index in [4.69, 9.17) is 9.47 Å². The van der Waals surface area contributed by atoms with E-state index >= 15 is 0 Å². The van der Waals surface area contributed by atoms with Crippen LogP contribution >= 0.6 is 0 Å². The van der Waals surface area contributed by atoms with Gasteiger partial charge in [0.25, 0.3) is 0 Å². The molecule has 2 aromatic carbocycles. The number of hydrogen-bond donors (Lipinski definition) is 2. The second kappa shape index (κ2) is 11.0. The average Bonchev–Trinajstić information content (AvgIpc) is 2.74. The van der Waals surface area contributed by atoms with E-state index in [9.17, 15) is 14.4 Å². The van der Waals surface area contributed by atoms with Crippen LogP contribution < -0.4 is 15.4 Å². The van der Waals surface area contributed by atoms with E-state index in [1.807, 2.05) is 13.8 Å². The predicted octanol–water partition coefficient (Wildman–Crippen LogP) is 2.69. The maximum atomic E-state index is 12.5. The number of benzene rings is 2. The van der Waals surface area contributed by atoms with Crippen molar-refractivity contribution >= 4 is 29.2 Å². The van der Waals surface area contributed by atoms with Crippen LogP contribution in [0.15, 0.2) is 42.5 Å². The van der Waals surface area contributed by atoms with Gasteiger partial charge in [0.2, 0.25) is 11.8 Å². The molecule has 0 unspecified atom stereocenters. The zero-order valence-electron chi connectivity index (χ0n) is 17.7. The average molecular weight is 413 g/mol. The highest BCUT2D eigenvalue weighted by Crippen LogP contribution is 2.18. The topological polar surface area (TPSA) is 97.0 Å². The Morgan fingerprint density at radius 2 is 1.67 bits per heavy atom. The number of hydrogen-bond acceptors (Lipinski definition) is 6. The number of esters is 1. The summed E-state index contributed by atoms with van der Waals surface area (Å²) in [5, 5.41) is 5.59. The van der Waals surface area contributed by atoms with Crippen molar-refractivity contribution in [3.63, 3.8) is 0 Å². The van der Waals surface area contributed by atoms with E-state index < -0.39 is 5.97 Å². The lowest BCUT2D eigenvalue weighted by atomic mass is 10.1. The molecule has 2 amide bonds. The Balaban J connectivity index is 1.95. The second-order valence-corrected chi connectivity index (χ2v) is 6.65. The molecular formula is C22H27N3O5. The largest absolute Gasteiger partial charge is 0.497 e. The standard InChI is InChI=1S/C22H27N3O5/c1-5-25(13-20(26)23-17-7-6-8-18(12-17)29-3)14-21(27)24-19-11-16(22(28)30-4)10-9-15(19)2/h6-12H,5,13-14H2,1-4H3,(H,23,26)(H,24,27). The number of likely N-dealkylation sites (N-methyl/N-ethyl adjacent to an activating group) is 1. The fraction of sp³-hybridized carbons (Fsp3) is 0.318. The van der Waals surface area contributed by atoms with Crippen molar-refractivity contribution in [1.29, 1.82) is 0 Å². The summed E-state index contributed by atoms with van der Waals surface area (Å²) in [6.45, 7) is 4.30. The minimum atomic E-state index is -0.477. The molecule has 30 heavy (non-hydrogen) atoms. The summed E-state index contributed by atoms with van der Waals surface area (Å²) in [5.74, 6) is -0.350. The van der Waals surface area contributed by atoms with Gasteiger partial charge in [-0.2, -0.15) is 0 Å². The van der Waals surface area contributed by atoms with Gasteiger partial charge in [0, 0.05) is 17.4 Å². The zero-order valence-corrected chi connectivity index (χ0v) is 17.7. The van der Waals surface area contributed by atoms with Crippen molar-refractivity contribution in [2.75, 3.05) is 44.5 Å². The van der Waals surface area contributed by atoms with E-state index in [0.29, 0.717) is 29.2 Å². The molecule has 0 aromatic heterocycles. The lowest BCUT2D eigenvalue weighted by molar-refractivity contribution is -0.119. The third-order valence-electron chi connectivity index (χ3n) is 4.47. The number of nitrogens with zero attached hydrogens (tertiary/aromatic N) is 1. The van der Waals surface area contributed by atoms with Crippen LogP contribution in [0.25, 0.3) is 0 Å². The van der Waals surface area contributed by atoms with Crippen LogP contribution in [0.4, 0.5) is 11.4 Å². The van der Waals surface area contributed by atoms with Gasteiger partial charge in [0.1, 0.15) is 5.75 Å². The van der Waals surface area contributed by atoms with Crippen LogP contribution in [0.2, 0.25) is 0 Å². The van der Waals surface area contributed by atoms with Crippen molar-refractivity contribution in [3.8, 4) is 5.75 Å². The van der Waals surface area contributed by atoms with Crippen LogP contribution in [0.3, 0.4) is 0 Å².